The van der Waals surface area contributed by atoms with Gasteiger partial charge < -0.3 is 4.90 Å². The zero-order chi connectivity index (χ0) is 36.1. The molecule has 0 unspecified atom stereocenters. The van der Waals surface area contributed by atoms with Crippen LogP contribution in [-0.4, -0.2) is 0 Å². The Morgan fingerprint density at radius 1 is 0.455 bits per heavy atom. The zero-order valence-electron chi connectivity index (χ0n) is 31.0. The van der Waals surface area contributed by atoms with E-state index in [1.54, 1.807) is 11.1 Å². The number of nitrogens with zero attached hydrogens (tertiary/aromatic N) is 2. The summed E-state index contributed by atoms with van der Waals surface area (Å²) in [6, 6.07) is 61.4. The summed E-state index contributed by atoms with van der Waals surface area (Å²) in [5.41, 5.74) is 13.3. The quantitative estimate of drug-likeness (QED) is 0.165. The highest BCUT2D eigenvalue weighted by Gasteiger charge is 2.61. The van der Waals surface area contributed by atoms with Crippen LogP contribution in [0.4, 0.5) is 17.1 Å². The van der Waals surface area contributed by atoms with E-state index in [2.05, 4.69) is 186 Å². The van der Waals surface area contributed by atoms with E-state index in [-0.39, 0.29) is 5.41 Å². The molecule has 4 aliphatic carbocycles. The van der Waals surface area contributed by atoms with Crippen LogP contribution in [-0.2, 0) is 5.41 Å². The molecule has 1 aliphatic heterocycles. The molecule has 7 aromatic carbocycles. The molecule has 5 aliphatic rings. The van der Waals surface area contributed by atoms with E-state index >= 15 is 0 Å². The van der Waals surface area contributed by atoms with Gasteiger partial charge in [0.25, 0.3) is 0 Å². The number of anilines is 3. The minimum atomic E-state index is 0.0734. The predicted octanol–water partition coefficient (Wildman–Crippen LogP) is 13.1. The van der Waals surface area contributed by atoms with Gasteiger partial charge >= 0.3 is 0 Å². The fourth-order valence-corrected chi connectivity index (χ4v) is 12.1. The summed E-state index contributed by atoms with van der Waals surface area (Å²) >= 11 is 0. The molecule has 4 bridgehead atoms. The van der Waals surface area contributed by atoms with Gasteiger partial charge in [0.1, 0.15) is 0 Å². The maximum atomic E-state index is 2.57. The molecule has 13 rings (SSSR count). The number of para-hydroxylation sites is 2. The highest BCUT2D eigenvalue weighted by molar-refractivity contribution is 6.04. The lowest BCUT2D eigenvalue weighted by Gasteiger charge is -2.64. The van der Waals surface area contributed by atoms with Crippen LogP contribution in [0.25, 0.3) is 49.5 Å². The summed E-state index contributed by atoms with van der Waals surface area (Å²) in [5, 5.41) is 5.03. The molecular weight excluding hydrogens is 665 g/mol. The SMILES string of the molecule is c1ccc(N2c3ccccc3C3(c4ccc(-c5cccc(-[n+]6cc(-c7cccc8ccccc78)c7ccccc7c6)c5)cc42)C2CC4CC(C2)CC3C4)cc1. The summed E-state index contributed by atoms with van der Waals surface area (Å²) < 4.78 is 2.33. The zero-order valence-corrected chi connectivity index (χ0v) is 31.0. The van der Waals surface area contributed by atoms with E-state index in [4.69, 9.17) is 0 Å². The molecule has 55 heavy (non-hydrogen) atoms. The second-order valence-electron chi connectivity index (χ2n) is 16.8. The Morgan fingerprint density at radius 3 is 1.91 bits per heavy atom. The predicted molar refractivity (Wildman–Crippen MR) is 226 cm³/mol. The molecule has 264 valence electrons. The minimum absolute atomic E-state index is 0.0734. The maximum absolute atomic E-state index is 2.57. The molecule has 0 amide bonds. The van der Waals surface area contributed by atoms with Crippen LogP contribution >= 0.6 is 0 Å². The molecule has 1 aromatic heterocycles. The molecule has 2 heterocycles. The highest BCUT2D eigenvalue weighted by atomic mass is 15.2. The smallest absolute Gasteiger partial charge is 0.211 e. The number of hydrogen-bond donors (Lipinski definition) is 0. The van der Waals surface area contributed by atoms with Crippen molar-refractivity contribution in [1.82, 2.24) is 0 Å². The summed E-state index contributed by atoms with van der Waals surface area (Å²) in [4.78, 5) is 2.57. The Hall–Kier alpha value is -5.99. The molecular formula is C53H43N2+. The molecule has 0 atom stereocenters. The molecule has 0 saturated heterocycles. The Kier molecular flexibility index (Phi) is 6.85. The van der Waals surface area contributed by atoms with Crippen LogP contribution in [0, 0.1) is 23.7 Å². The third-order valence-electron chi connectivity index (χ3n) is 14.1. The minimum Gasteiger partial charge on any atom is -0.310 e. The van der Waals surface area contributed by atoms with Crippen molar-refractivity contribution in [2.45, 2.75) is 37.5 Å². The van der Waals surface area contributed by atoms with Crippen molar-refractivity contribution >= 4 is 38.6 Å². The van der Waals surface area contributed by atoms with Gasteiger partial charge in [-0.2, -0.15) is 4.57 Å². The van der Waals surface area contributed by atoms with Crippen molar-refractivity contribution in [3.8, 4) is 27.9 Å². The van der Waals surface area contributed by atoms with Crippen LogP contribution in [0.1, 0.15) is 43.2 Å². The Balaban J connectivity index is 1.03. The average molecular weight is 708 g/mol. The maximum Gasteiger partial charge on any atom is 0.211 e. The van der Waals surface area contributed by atoms with E-state index in [0.29, 0.717) is 11.8 Å². The van der Waals surface area contributed by atoms with Crippen LogP contribution in [0.5, 0.6) is 0 Å². The summed E-state index contributed by atoms with van der Waals surface area (Å²) in [6.07, 6.45) is 11.6. The van der Waals surface area contributed by atoms with Crippen LogP contribution < -0.4 is 9.47 Å². The molecule has 4 fully saturated rings. The summed E-state index contributed by atoms with van der Waals surface area (Å²) in [6.45, 7) is 0. The van der Waals surface area contributed by atoms with Crippen molar-refractivity contribution in [2.24, 2.45) is 23.7 Å². The van der Waals surface area contributed by atoms with Gasteiger partial charge in [-0.15, -0.1) is 0 Å². The molecule has 0 N–H and O–H groups in total. The molecule has 1 spiro atoms. The third kappa shape index (κ3) is 4.64. The van der Waals surface area contributed by atoms with Crippen molar-refractivity contribution in [3.05, 3.63) is 187 Å². The number of pyridine rings is 1. The summed E-state index contributed by atoms with van der Waals surface area (Å²) in [7, 11) is 0. The lowest BCUT2D eigenvalue weighted by atomic mass is 9.41. The van der Waals surface area contributed by atoms with Gasteiger partial charge in [0.15, 0.2) is 12.4 Å². The largest absolute Gasteiger partial charge is 0.310 e. The van der Waals surface area contributed by atoms with Crippen molar-refractivity contribution in [3.63, 3.8) is 0 Å². The molecule has 2 nitrogen and oxygen atoms in total. The first-order valence-electron chi connectivity index (χ1n) is 20.3. The number of rotatable bonds is 4. The first-order valence-corrected chi connectivity index (χ1v) is 20.3. The van der Waals surface area contributed by atoms with E-state index in [0.717, 1.165) is 17.5 Å². The first-order chi connectivity index (χ1) is 27.2. The van der Waals surface area contributed by atoms with Crippen molar-refractivity contribution < 1.29 is 4.57 Å². The van der Waals surface area contributed by atoms with Gasteiger partial charge in [-0.3, -0.25) is 0 Å². The van der Waals surface area contributed by atoms with Gasteiger partial charge in [-0.05, 0) is 125 Å². The number of aromatic nitrogens is 1. The van der Waals surface area contributed by atoms with Gasteiger partial charge in [-0.1, -0.05) is 121 Å². The van der Waals surface area contributed by atoms with Crippen LogP contribution in [0.3, 0.4) is 0 Å². The number of fused-ring (bicyclic) bond motifs is 4. The van der Waals surface area contributed by atoms with Crippen molar-refractivity contribution in [2.75, 3.05) is 4.90 Å². The summed E-state index contributed by atoms with van der Waals surface area (Å²) in [5.74, 6) is 3.23. The third-order valence-corrected chi connectivity index (χ3v) is 14.1. The van der Waals surface area contributed by atoms with Gasteiger partial charge in [0, 0.05) is 34.0 Å². The van der Waals surface area contributed by atoms with E-state index in [1.807, 2.05) is 0 Å². The van der Waals surface area contributed by atoms with E-state index in [1.165, 1.54) is 93.0 Å². The standard InChI is InChI=1S/C53H43N2/c1-2-16-43(17-3-1)55-51-23-9-8-22-49(51)53(41-27-35-26-36(29-41)30-42(53)28-35)50-25-24-39(32-52(50)55)38-15-10-18-44(31-38)54-33-40-13-5-7-20-46(40)48(34-54)47-21-11-14-37-12-4-6-19-45(37)47/h1-25,31-36,41-42H,26-30H2/q+1. The fourth-order valence-electron chi connectivity index (χ4n) is 12.1. The topological polar surface area (TPSA) is 7.12 Å². The number of hydrogen-bond acceptors (Lipinski definition) is 1. The van der Waals surface area contributed by atoms with E-state index < -0.39 is 0 Å². The molecule has 0 radical (unpaired) electrons. The first kappa shape index (κ1) is 31.4. The lowest BCUT2D eigenvalue weighted by Crippen LogP contribution is -2.57. The monoisotopic (exact) mass is 707 g/mol. The normalized spacial score (nSPS) is 23.3. The molecule has 2 heteroatoms. The second-order valence-corrected chi connectivity index (χ2v) is 16.8. The Bertz CT molecular complexity index is 2760. The van der Waals surface area contributed by atoms with Crippen LogP contribution in [0.15, 0.2) is 176 Å². The second kappa shape index (κ2) is 12.0. The van der Waals surface area contributed by atoms with Crippen LogP contribution in [0.2, 0.25) is 0 Å². The van der Waals surface area contributed by atoms with Gasteiger partial charge in [0.2, 0.25) is 5.69 Å². The Morgan fingerprint density at radius 2 is 1.09 bits per heavy atom. The van der Waals surface area contributed by atoms with Gasteiger partial charge in [-0.25, -0.2) is 0 Å². The average Bonchev–Trinajstić information content (AvgIpc) is 3.24. The molecule has 4 saturated carbocycles. The highest BCUT2D eigenvalue weighted by Crippen LogP contribution is 2.69. The Labute approximate surface area is 323 Å². The molecule has 8 aromatic rings. The van der Waals surface area contributed by atoms with Crippen molar-refractivity contribution in [1.29, 1.82) is 0 Å². The number of benzene rings is 7. The lowest BCUT2D eigenvalue weighted by molar-refractivity contribution is -0.593. The fraction of sp³-hybridized carbons (Fsp3) is 0.189. The van der Waals surface area contributed by atoms with E-state index in [9.17, 15) is 0 Å². The van der Waals surface area contributed by atoms with Gasteiger partial charge in [0.05, 0.1) is 16.9 Å².